The lowest BCUT2D eigenvalue weighted by molar-refractivity contribution is -0.147. The largest absolute Gasteiger partial charge is 0.464 e. The molecular formula is C26H35NO8. The molecule has 1 aliphatic rings. The summed E-state index contributed by atoms with van der Waals surface area (Å²) in [7, 11) is 0. The molecule has 1 aromatic rings. The van der Waals surface area contributed by atoms with E-state index in [0.29, 0.717) is 6.42 Å². The normalized spacial score (nSPS) is 17.5. The SMILES string of the molecule is CCOC(=O)C(C(=O)OCC)=C1[C@@H](Cc2ccccc2)CN(C(=O)OC(C)(C)C)[C@H]1C(=O)OCC. The van der Waals surface area contributed by atoms with Gasteiger partial charge in [0.1, 0.15) is 11.2 Å². The molecule has 0 unspecified atom stereocenters. The number of benzene rings is 1. The first-order valence-electron chi connectivity index (χ1n) is 11.8. The maximum atomic E-state index is 13.2. The van der Waals surface area contributed by atoms with Crippen LogP contribution in [0.3, 0.4) is 0 Å². The van der Waals surface area contributed by atoms with Gasteiger partial charge < -0.3 is 18.9 Å². The van der Waals surface area contributed by atoms with E-state index in [-0.39, 0.29) is 31.9 Å². The molecule has 1 aromatic carbocycles. The van der Waals surface area contributed by atoms with Crippen LogP contribution >= 0.6 is 0 Å². The minimum atomic E-state index is -1.35. The van der Waals surface area contributed by atoms with Gasteiger partial charge in [-0.15, -0.1) is 0 Å². The Bertz CT molecular complexity index is 928. The molecule has 192 valence electrons. The third-order valence-electron chi connectivity index (χ3n) is 5.17. The van der Waals surface area contributed by atoms with E-state index in [1.165, 1.54) is 4.90 Å². The van der Waals surface area contributed by atoms with Gasteiger partial charge in [-0.05, 0) is 59.1 Å². The molecule has 0 saturated carbocycles. The van der Waals surface area contributed by atoms with Crippen LogP contribution in [-0.2, 0) is 39.8 Å². The predicted molar refractivity (Wildman–Crippen MR) is 127 cm³/mol. The minimum Gasteiger partial charge on any atom is -0.464 e. The van der Waals surface area contributed by atoms with Crippen LogP contribution in [0.5, 0.6) is 0 Å². The Morgan fingerprint density at radius 1 is 0.886 bits per heavy atom. The second-order valence-electron chi connectivity index (χ2n) is 8.95. The van der Waals surface area contributed by atoms with E-state index < -0.39 is 47.1 Å². The molecule has 2 rings (SSSR count). The second kappa shape index (κ2) is 12.4. The average molecular weight is 490 g/mol. The summed E-state index contributed by atoms with van der Waals surface area (Å²) in [5.74, 6) is -3.17. The average Bonchev–Trinajstić information content (AvgIpc) is 3.13. The monoisotopic (exact) mass is 489 g/mol. The molecule has 9 heteroatoms. The number of hydrogen-bond donors (Lipinski definition) is 0. The highest BCUT2D eigenvalue weighted by Gasteiger charge is 2.50. The van der Waals surface area contributed by atoms with Crippen molar-refractivity contribution in [3.63, 3.8) is 0 Å². The molecule has 9 nitrogen and oxygen atoms in total. The number of rotatable bonds is 8. The Labute approximate surface area is 206 Å². The van der Waals surface area contributed by atoms with Crippen molar-refractivity contribution in [1.82, 2.24) is 4.90 Å². The summed E-state index contributed by atoms with van der Waals surface area (Å²) in [6, 6.07) is 8.02. The molecular weight excluding hydrogens is 454 g/mol. The predicted octanol–water partition coefficient (Wildman–Crippen LogP) is 3.45. The highest BCUT2D eigenvalue weighted by molar-refractivity contribution is 6.16. The third kappa shape index (κ3) is 7.31. The molecule has 0 aliphatic carbocycles. The smallest absolute Gasteiger partial charge is 0.411 e. The Hall–Kier alpha value is -3.36. The lowest BCUT2D eigenvalue weighted by Crippen LogP contribution is -2.45. The van der Waals surface area contributed by atoms with Crippen LogP contribution in [0.2, 0.25) is 0 Å². The van der Waals surface area contributed by atoms with Crippen LogP contribution in [0, 0.1) is 5.92 Å². The van der Waals surface area contributed by atoms with Crippen molar-refractivity contribution in [3.05, 3.63) is 47.0 Å². The number of esters is 3. The Kier molecular flexibility index (Phi) is 9.86. The summed E-state index contributed by atoms with van der Waals surface area (Å²) in [6.45, 7) is 10.1. The molecule has 35 heavy (non-hydrogen) atoms. The van der Waals surface area contributed by atoms with E-state index in [2.05, 4.69) is 0 Å². The quantitative estimate of drug-likeness (QED) is 0.180. The van der Waals surface area contributed by atoms with Crippen LogP contribution in [-0.4, -0.2) is 66.9 Å². The first kappa shape index (κ1) is 27.9. The van der Waals surface area contributed by atoms with E-state index >= 15 is 0 Å². The van der Waals surface area contributed by atoms with Crippen molar-refractivity contribution in [3.8, 4) is 0 Å². The maximum Gasteiger partial charge on any atom is 0.411 e. The van der Waals surface area contributed by atoms with Crippen molar-refractivity contribution in [2.24, 2.45) is 5.92 Å². The van der Waals surface area contributed by atoms with Gasteiger partial charge in [-0.3, -0.25) is 4.90 Å². The van der Waals surface area contributed by atoms with Crippen LogP contribution in [0.1, 0.15) is 47.1 Å². The molecule has 0 bridgehead atoms. The van der Waals surface area contributed by atoms with Gasteiger partial charge >= 0.3 is 24.0 Å². The Morgan fingerprint density at radius 3 is 1.91 bits per heavy atom. The zero-order valence-electron chi connectivity index (χ0n) is 21.3. The summed E-state index contributed by atoms with van der Waals surface area (Å²) in [4.78, 5) is 53.6. The standard InChI is InChI=1S/C26H35NO8/c1-7-32-22(28)20(23(29)33-8-2)19-18(15-17-13-11-10-12-14-17)16-27(21(19)24(30)34-9-3)25(31)35-26(4,5)6/h10-14,18,21H,7-9,15-16H2,1-6H3/t18-,21+/m0/s1. The zero-order chi connectivity index (χ0) is 26.2. The second-order valence-corrected chi connectivity index (χ2v) is 8.95. The molecule has 0 N–H and O–H groups in total. The van der Waals surface area contributed by atoms with Gasteiger partial charge in [-0.1, -0.05) is 30.3 Å². The fourth-order valence-corrected chi connectivity index (χ4v) is 3.95. The van der Waals surface area contributed by atoms with Crippen molar-refractivity contribution in [1.29, 1.82) is 0 Å². The summed E-state index contributed by atoms with van der Waals surface area (Å²) >= 11 is 0. The van der Waals surface area contributed by atoms with Gasteiger partial charge in [0.15, 0.2) is 6.04 Å². The molecule has 0 aromatic heterocycles. The van der Waals surface area contributed by atoms with Crippen molar-refractivity contribution in [2.75, 3.05) is 26.4 Å². The molecule has 1 heterocycles. The van der Waals surface area contributed by atoms with Gasteiger partial charge in [-0.25, -0.2) is 19.2 Å². The fourth-order valence-electron chi connectivity index (χ4n) is 3.95. The number of hydrogen-bond acceptors (Lipinski definition) is 8. The van der Waals surface area contributed by atoms with Gasteiger partial charge in [0.2, 0.25) is 0 Å². The number of amides is 1. The number of likely N-dealkylation sites (tertiary alicyclic amines) is 1. The maximum absolute atomic E-state index is 13.2. The van der Waals surface area contributed by atoms with Gasteiger partial charge in [0, 0.05) is 12.5 Å². The first-order valence-corrected chi connectivity index (χ1v) is 11.8. The summed E-state index contributed by atoms with van der Waals surface area (Å²) in [5, 5.41) is 0. The minimum absolute atomic E-state index is 0.0121. The summed E-state index contributed by atoms with van der Waals surface area (Å²) in [6.07, 6.45) is -0.399. The van der Waals surface area contributed by atoms with Crippen LogP contribution < -0.4 is 0 Å². The molecule has 1 fully saturated rings. The lowest BCUT2D eigenvalue weighted by atomic mass is 9.87. The van der Waals surface area contributed by atoms with E-state index in [0.717, 1.165) is 5.56 Å². The van der Waals surface area contributed by atoms with E-state index in [1.54, 1.807) is 41.5 Å². The molecule has 0 radical (unpaired) electrons. The molecule has 2 atom stereocenters. The third-order valence-corrected chi connectivity index (χ3v) is 5.17. The van der Waals surface area contributed by atoms with E-state index in [4.69, 9.17) is 18.9 Å². The van der Waals surface area contributed by atoms with Crippen LogP contribution in [0.15, 0.2) is 41.5 Å². The fraction of sp³-hybridized carbons (Fsp3) is 0.538. The molecule has 0 spiro atoms. The number of carbonyl (C=O) groups is 4. The molecule has 1 amide bonds. The highest BCUT2D eigenvalue weighted by atomic mass is 16.6. The van der Waals surface area contributed by atoms with Crippen molar-refractivity contribution < 1.29 is 38.1 Å². The number of carbonyl (C=O) groups excluding carboxylic acids is 4. The van der Waals surface area contributed by atoms with Crippen LogP contribution in [0.25, 0.3) is 0 Å². The van der Waals surface area contributed by atoms with Crippen molar-refractivity contribution >= 4 is 24.0 Å². The van der Waals surface area contributed by atoms with Gasteiger partial charge in [0.25, 0.3) is 0 Å². The summed E-state index contributed by atoms with van der Waals surface area (Å²) in [5.41, 5.74) is -0.187. The van der Waals surface area contributed by atoms with E-state index in [9.17, 15) is 19.2 Å². The van der Waals surface area contributed by atoms with E-state index in [1.807, 2.05) is 30.3 Å². The van der Waals surface area contributed by atoms with Gasteiger partial charge in [0.05, 0.1) is 19.8 Å². The zero-order valence-corrected chi connectivity index (χ0v) is 21.3. The highest BCUT2D eigenvalue weighted by Crippen LogP contribution is 2.37. The Balaban J connectivity index is 2.74. The Morgan fingerprint density at radius 2 is 1.43 bits per heavy atom. The van der Waals surface area contributed by atoms with Gasteiger partial charge in [-0.2, -0.15) is 0 Å². The first-order chi connectivity index (χ1) is 16.5. The van der Waals surface area contributed by atoms with Crippen molar-refractivity contribution in [2.45, 2.75) is 59.6 Å². The number of nitrogens with zero attached hydrogens (tertiary/aromatic N) is 1. The molecule has 1 aliphatic heterocycles. The molecule has 1 saturated heterocycles. The number of ether oxygens (including phenoxy) is 4. The lowest BCUT2D eigenvalue weighted by Gasteiger charge is -2.28. The summed E-state index contributed by atoms with van der Waals surface area (Å²) < 4.78 is 21.1. The van der Waals surface area contributed by atoms with Crippen LogP contribution in [0.4, 0.5) is 4.79 Å². The topological polar surface area (TPSA) is 108 Å².